The van der Waals surface area contributed by atoms with E-state index in [1.807, 2.05) is 0 Å². The van der Waals surface area contributed by atoms with Crippen molar-refractivity contribution in [2.24, 2.45) is 0 Å². The minimum Gasteiger partial charge on any atom is -0.381 e. The van der Waals surface area contributed by atoms with Crippen LogP contribution in [-0.4, -0.2) is 23.7 Å². The molecule has 1 saturated heterocycles. The van der Waals surface area contributed by atoms with Crippen LogP contribution in [0.25, 0.3) is 0 Å². The van der Waals surface area contributed by atoms with Crippen LogP contribution in [0.15, 0.2) is 5.38 Å². The Bertz CT molecular complexity index is 337. The van der Waals surface area contributed by atoms with Crippen LogP contribution in [0.4, 0.5) is 0 Å². The molecule has 16 heavy (non-hydrogen) atoms. The van der Waals surface area contributed by atoms with Crippen molar-refractivity contribution in [2.75, 3.05) is 13.2 Å². The van der Waals surface area contributed by atoms with Gasteiger partial charge in [-0.2, -0.15) is 0 Å². The molecule has 1 aromatic rings. The van der Waals surface area contributed by atoms with Crippen LogP contribution in [0.5, 0.6) is 0 Å². The second-order valence-corrected chi connectivity index (χ2v) is 6.23. The number of hydrogen-bond acceptors (Lipinski definition) is 4. The number of aromatic nitrogens is 1. The average Bonchev–Trinajstić information content (AvgIpc) is 2.84. The lowest BCUT2D eigenvalue weighted by Gasteiger charge is -2.19. The van der Waals surface area contributed by atoms with Crippen molar-refractivity contribution in [1.82, 2.24) is 10.3 Å². The minimum absolute atomic E-state index is 0.153. The second-order valence-electron chi connectivity index (χ2n) is 5.34. The molecule has 0 aliphatic carbocycles. The largest absolute Gasteiger partial charge is 0.381 e. The first-order chi connectivity index (χ1) is 7.54. The Morgan fingerprint density at radius 2 is 2.38 bits per heavy atom. The average molecular weight is 240 g/mol. The first-order valence-electron chi connectivity index (χ1n) is 5.82. The normalized spacial score (nSPS) is 21.6. The lowest BCUT2D eigenvalue weighted by atomic mass is 10.1. The van der Waals surface area contributed by atoms with E-state index in [9.17, 15) is 0 Å². The lowest BCUT2D eigenvalue weighted by molar-refractivity contribution is 0.194. The number of nitrogens with one attached hydrogen (secondary N) is 1. The summed E-state index contributed by atoms with van der Waals surface area (Å²) in [6, 6.07) is 0. The van der Waals surface area contributed by atoms with Gasteiger partial charge in [0, 0.05) is 30.0 Å². The highest BCUT2D eigenvalue weighted by Crippen LogP contribution is 2.27. The van der Waals surface area contributed by atoms with Gasteiger partial charge in [-0.15, -0.1) is 11.3 Å². The van der Waals surface area contributed by atoms with E-state index in [4.69, 9.17) is 4.74 Å². The summed E-state index contributed by atoms with van der Waals surface area (Å²) in [6.45, 7) is 9.11. The van der Waals surface area contributed by atoms with Gasteiger partial charge in [0.1, 0.15) is 0 Å². The summed E-state index contributed by atoms with van der Waals surface area (Å²) in [6.07, 6.45) is 1.12. The van der Waals surface area contributed by atoms with Crippen LogP contribution in [-0.2, 0) is 11.3 Å². The molecule has 4 heteroatoms. The van der Waals surface area contributed by atoms with Crippen molar-refractivity contribution in [2.45, 2.75) is 45.2 Å². The third-order valence-electron chi connectivity index (χ3n) is 2.65. The molecule has 1 aliphatic rings. The molecule has 0 aromatic carbocycles. The summed E-state index contributed by atoms with van der Waals surface area (Å²) < 4.78 is 5.39. The van der Waals surface area contributed by atoms with Crippen molar-refractivity contribution < 1.29 is 4.74 Å². The van der Waals surface area contributed by atoms with Gasteiger partial charge in [-0.05, 0) is 27.2 Å². The van der Waals surface area contributed by atoms with E-state index in [2.05, 4.69) is 36.5 Å². The smallest absolute Gasteiger partial charge is 0.0983 e. The van der Waals surface area contributed by atoms with Crippen LogP contribution in [0.1, 0.15) is 43.8 Å². The number of thiazole rings is 1. The zero-order valence-electron chi connectivity index (χ0n) is 10.2. The SMILES string of the molecule is CC(C)(C)NCc1csc(C2CCOC2)n1. The van der Waals surface area contributed by atoms with E-state index in [0.29, 0.717) is 5.92 Å². The van der Waals surface area contributed by atoms with Gasteiger partial charge in [-0.25, -0.2) is 4.98 Å². The summed E-state index contributed by atoms with van der Waals surface area (Å²) in [4.78, 5) is 4.67. The predicted octanol–water partition coefficient (Wildman–Crippen LogP) is 2.54. The standard InChI is InChI=1S/C12H20N2OS/c1-12(2,3)13-6-10-8-16-11(14-10)9-4-5-15-7-9/h8-9,13H,4-7H2,1-3H3. The maximum absolute atomic E-state index is 5.39. The first kappa shape index (κ1) is 12.0. The molecule has 90 valence electrons. The summed E-state index contributed by atoms with van der Waals surface area (Å²) >= 11 is 1.77. The highest BCUT2D eigenvalue weighted by atomic mass is 32.1. The van der Waals surface area contributed by atoms with Crippen molar-refractivity contribution in [3.8, 4) is 0 Å². The van der Waals surface area contributed by atoms with Gasteiger partial charge in [0.25, 0.3) is 0 Å². The summed E-state index contributed by atoms with van der Waals surface area (Å²) in [5.74, 6) is 0.536. The topological polar surface area (TPSA) is 34.1 Å². The Labute approximate surface area is 101 Å². The fourth-order valence-electron chi connectivity index (χ4n) is 1.68. The quantitative estimate of drug-likeness (QED) is 0.881. The lowest BCUT2D eigenvalue weighted by Crippen LogP contribution is -2.35. The first-order valence-corrected chi connectivity index (χ1v) is 6.69. The third kappa shape index (κ3) is 3.27. The molecular formula is C12H20N2OS. The number of rotatable bonds is 3. The number of hydrogen-bond donors (Lipinski definition) is 1. The van der Waals surface area contributed by atoms with Gasteiger partial charge in [0.2, 0.25) is 0 Å². The Morgan fingerprint density at radius 3 is 3.00 bits per heavy atom. The fourth-order valence-corrected chi connectivity index (χ4v) is 2.62. The Balaban J connectivity index is 1.91. The van der Waals surface area contributed by atoms with Crippen molar-refractivity contribution in [3.63, 3.8) is 0 Å². The maximum atomic E-state index is 5.39. The molecule has 1 N–H and O–H groups in total. The Hall–Kier alpha value is -0.450. The zero-order valence-corrected chi connectivity index (χ0v) is 11.1. The molecule has 1 fully saturated rings. The van der Waals surface area contributed by atoms with Gasteiger partial charge in [0.15, 0.2) is 0 Å². The molecule has 1 aromatic heterocycles. The van der Waals surface area contributed by atoms with E-state index >= 15 is 0 Å². The zero-order chi connectivity index (χ0) is 11.6. The van der Waals surface area contributed by atoms with Crippen LogP contribution in [0, 0.1) is 0 Å². The monoisotopic (exact) mass is 240 g/mol. The molecule has 0 amide bonds. The maximum Gasteiger partial charge on any atom is 0.0983 e. The predicted molar refractivity (Wildman–Crippen MR) is 66.9 cm³/mol. The molecule has 1 atom stereocenters. The van der Waals surface area contributed by atoms with Gasteiger partial charge in [-0.3, -0.25) is 0 Å². The van der Waals surface area contributed by atoms with Crippen LogP contribution < -0.4 is 5.32 Å². The molecule has 0 radical (unpaired) electrons. The van der Waals surface area contributed by atoms with Gasteiger partial charge in [-0.1, -0.05) is 0 Å². The Morgan fingerprint density at radius 1 is 1.56 bits per heavy atom. The summed E-state index contributed by atoms with van der Waals surface area (Å²) in [5, 5.41) is 6.85. The molecule has 2 heterocycles. The minimum atomic E-state index is 0.153. The molecular weight excluding hydrogens is 220 g/mol. The fraction of sp³-hybridized carbons (Fsp3) is 0.750. The third-order valence-corrected chi connectivity index (χ3v) is 3.70. The van der Waals surface area contributed by atoms with Gasteiger partial charge < -0.3 is 10.1 Å². The molecule has 0 bridgehead atoms. The van der Waals surface area contributed by atoms with Crippen molar-refractivity contribution >= 4 is 11.3 Å². The number of ether oxygens (including phenoxy) is 1. The van der Waals surface area contributed by atoms with Crippen LogP contribution in [0.2, 0.25) is 0 Å². The molecule has 0 spiro atoms. The van der Waals surface area contributed by atoms with Crippen LogP contribution in [0.3, 0.4) is 0 Å². The Kier molecular flexibility index (Phi) is 3.62. The van der Waals surface area contributed by atoms with Crippen LogP contribution >= 0.6 is 11.3 Å². The van der Waals surface area contributed by atoms with E-state index in [-0.39, 0.29) is 5.54 Å². The van der Waals surface area contributed by atoms with Gasteiger partial charge >= 0.3 is 0 Å². The molecule has 0 saturated carbocycles. The number of nitrogens with zero attached hydrogens (tertiary/aromatic N) is 1. The van der Waals surface area contributed by atoms with E-state index in [0.717, 1.165) is 31.9 Å². The molecule has 3 nitrogen and oxygen atoms in total. The molecule has 1 aliphatic heterocycles. The highest BCUT2D eigenvalue weighted by Gasteiger charge is 2.21. The summed E-state index contributed by atoms with van der Waals surface area (Å²) in [7, 11) is 0. The van der Waals surface area contributed by atoms with Gasteiger partial charge in [0.05, 0.1) is 17.3 Å². The summed E-state index contributed by atoms with van der Waals surface area (Å²) in [5.41, 5.74) is 1.31. The molecule has 1 unspecified atom stereocenters. The second kappa shape index (κ2) is 4.82. The van der Waals surface area contributed by atoms with E-state index < -0.39 is 0 Å². The van der Waals surface area contributed by atoms with Crippen molar-refractivity contribution in [1.29, 1.82) is 0 Å². The van der Waals surface area contributed by atoms with Crippen molar-refractivity contribution in [3.05, 3.63) is 16.1 Å². The highest BCUT2D eigenvalue weighted by molar-refractivity contribution is 7.09. The van der Waals surface area contributed by atoms with E-state index in [1.54, 1.807) is 11.3 Å². The van der Waals surface area contributed by atoms with E-state index in [1.165, 1.54) is 5.01 Å². The molecule has 2 rings (SSSR count).